The van der Waals surface area contributed by atoms with E-state index < -0.39 is 5.97 Å². The molecule has 1 aromatic rings. The van der Waals surface area contributed by atoms with Gasteiger partial charge in [-0.1, -0.05) is 0 Å². The van der Waals surface area contributed by atoms with E-state index in [0.29, 0.717) is 13.2 Å². The molecule has 0 aromatic carbocycles. The van der Waals surface area contributed by atoms with Crippen LogP contribution in [0.4, 0.5) is 5.69 Å². The summed E-state index contributed by atoms with van der Waals surface area (Å²) < 4.78 is 9.77. The summed E-state index contributed by atoms with van der Waals surface area (Å²) in [5.41, 5.74) is 0.899. The maximum absolute atomic E-state index is 11.1. The van der Waals surface area contributed by atoms with E-state index in [1.807, 2.05) is 0 Å². The predicted molar refractivity (Wildman–Crippen MR) is 56.4 cm³/mol. The monoisotopic (exact) mass is 223 g/mol. The molecule has 1 aromatic heterocycles. The predicted octanol–water partition coefficient (Wildman–Crippen LogP) is 0.0998. The molecule has 1 fully saturated rings. The van der Waals surface area contributed by atoms with Crippen LogP contribution in [0.15, 0.2) is 12.4 Å². The zero-order valence-corrected chi connectivity index (χ0v) is 9.05. The molecular weight excluding hydrogens is 210 g/mol. The highest BCUT2D eigenvalue weighted by Crippen LogP contribution is 2.12. The van der Waals surface area contributed by atoms with Crippen LogP contribution in [0.1, 0.15) is 10.6 Å². The van der Waals surface area contributed by atoms with Gasteiger partial charge in [0.15, 0.2) is 0 Å². The second-order valence-electron chi connectivity index (χ2n) is 3.36. The molecule has 86 valence electrons. The molecule has 0 saturated carbocycles. The Labute approximate surface area is 93.2 Å². The van der Waals surface area contributed by atoms with E-state index in [1.165, 1.54) is 7.11 Å². The fraction of sp³-hybridized carbons (Fsp3) is 0.500. The van der Waals surface area contributed by atoms with Gasteiger partial charge in [-0.05, 0) is 0 Å². The topological polar surface area (TPSA) is 64.5 Å². The van der Waals surface area contributed by atoms with E-state index in [2.05, 4.69) is 19.6 Å². The van der Waals surface area contributed by atoms with Crippen LogP contribution in [-0.2, 0) is 9.47 Å². The van der Waals surface area contributed by atoms with Gasteiger partial charge in [0, 0.05) is 13.1 Å². The molecule has 1 saturated heterocycles. The van der Waals surface area contributed by atoms with Crippen molar-refractivity contribution in [2.45, 2.75) is 0 Å². The van der Waals surface area contributed by atoms with E-state index in [4.69, 9.17) is 4.74 Å². The van der Waals surface area contributed by atoms with Gasteiger partial charge in [0.25, 0.3) is 0 Å². The van der Waals surface area contributed by atoms with E-state index in [9.17, 15) is 4.79 Å². The Hall–Kier alpha value is -1.69. The standard InChI is InChI=1S/C10H13N3O3/c1-15-10(14)9-11-6-8(7-12-9)13-2-4-16-5-3-13/h6-7H,2-5H2,1H3. The lowest BCUT2D eigenvalue weighted by Crippen LogP contribution is -2.36. The van der Waals surface area contributed by atoms with E-state index >= 15 is 0 Å². The molecule has 16 heavy (non-hydrogen) atoms. The van der Waals surface area contributed by atoms with Gasteiger partial charge in [0.05, 0.1) is 38.4 Å². The summed E-state index contributed by atoms with van der Waals surface area (Å²) in [7, 11) is 1.31. The van der Waals surface area contributed by atoms with Gasteiger partial charge >= 0.3 is 5.97 Å². The molecule has 0 atom stereocenters. The number of carbonyl (C=O) groups excluding carboxylic acids is 1. The third kappa shape index (κ3) is 2.27. The Morgan fingerprint density at radius 1 is 1.38 bits per heavy atom. The lowest BCUT2D eigenvalue weighted by atomic mass is 10.3. The van der Waals surface area contributed by atoms with Gasteiger partial charge in [0.1, 0.15) is 0 Å². The maximum atomic E-state index is 11.1. The van der Waals surface area contributed by atoms with Crippen LogP contribution in [0.25, 0.3) is 0 Å². The molecule has 2 heterocycles. The average Bonchev–Trinajstić information content (AvgIpc) is 2.39. The summed E-state index contributed by atoms with van der Waals surface area (Å²) in [6.07, 6.45) is 3.26. The van der Waals surface area contributed by atoms with Crippen LogP contribution < -0.4 is 4.90 Å². The molecule has 6 nitrogen and oxygen atoms in total. The summed E-state index contributed by atoms with van der Waals surface area (Å²) >= 11 is 0. The minimum absolute atomic E-state index is 0.0829. The first-order valence-corrected chi connectivity index (χ1v) is 5.04. The van der Waals surface area contributed by atoms with E-state index in [0.717, 1.165) is 18.8 Å². The molecule has 1 aliphatic heterocycles. The normalized spacial score (nSPS) is 15.9. The molecule has 0 amide bonds. The van der Waals surface area contributed by atoms with Gasteiger partial charge in [-0.2, -0.15) is 0 Å². The maximum Gasteiger partial charge on any atom is 0.376 e. The minimum atomic E-state index is -0.520. The summed E-state index contributed by atoms with van der Waals surface area (Å²) in [4.78, 5) is 21.1. The van der Waals surface area contributed by atoms with Gasteiger partial charge in [-0.25, -0.2) is 14.8 Å². The van der Waals surface area contributed by atoms with Crippen molar-refractivity contribution in [2.24, 2.45) is 0 Å². The summed E-state index contributed by atoms with van der Waals surface area (Å²) in [6.45, 7) is 3.05. The Balaban J connectivity index is 2.09. The van der Waals surface area contributed by atoms with Crippen molar-refractivity contribution in [1.29, 1.82) is 0 Å². The SMILES string of the molecule is COC(=O)c1ncc(N2CCOCC2)cn1. The smallest absolute Gasteiger partial charge is 0.376 e. The van der Waals surface area contributed by atoms with Crippen molar-refractivity contribution in [3.05, 3.63) is 18.2 Å². The van der Waals surface area contributed by atoms with E-state index in [1.54, 1.807) is 12.4 Å². The number of methoxy groups -OCH3 is 1. The fourth-order valence-corrected chi connectivity index (χ4v) is 1.50. The summed E-state index contributed by atoms with van der Waals surface area (Å²) in [5.74, 6) is -0.437. The van der Waals surface area contributed by atoms with Crippen molar-refractivity contribution in [3.8, 4) is 0 Å². The number of morpholine rings is 1. The Morgan fingerprint density at radius 2 is 2.00 bits per heavy atom. The van der Waals surface area contributed by atoms with Gasteiger partial charge in [0.2, 0.25) is 5.82 Å². The average molecular weight is 223 g/mol. The lowest BCUT2D eigenvalue weighted by Gasteiger charge is -2.28. The molecule has 0 aliphatic carbocycles. The molecule has 0 spiro atoms. The van der Waals surface area contributed by atoms with Crippen molar-refractivity contribution >= 4 is 11.7 Å². The van der Waals surface area contributed by atoms with Gasteiger partial charge in [-0.3, -0.25) is 0 Å². The largest absolute Gasteiger partial charge is 0.463 e. The second-order valence-corrected chi connectivity index (χ2v) is 3.36. The van der Waals surface area contributed by atoms with Crippen LogP contribution in [0.5, 0.6) is 0 Å². The molecular formula is C10H13N3O3. The quantitative estimate of drug-likeness (QED) is 0.662. The van der Waals surface area contributed by atoms with Crippen LogP contribution >= 0.6 is 0 Å². The first-order valence-electron chi connectivity index (χ1n) is 5.04. The number of carbonyl (C=O) groups is 1. The molecule has 0 N–H and O–H groups in total. The Kier molecular flexibility index (Phi) is 3.31. The zero-order valence-electron chi connectivity index (χ0n) is 9.05. The highest BCUT2D eigenvalue weighted by atomic mass is 16.5. The first-order chi connectivity index (χ1) is 7.81. The van der Waals surface area contributed by atoms with Crippen molar-refractivity contribution < 1.29 is 14.3 Å². The molecule has 0 radical (unpaired) electrons. The van der Waals surface area contributed by atoms with Gasteiger partial charge in [-0.15, -0.1) is 0 Å². The zero-order chi connectivity index (χ0) is 11.4. The number of rotatable bonds is 2. The minimum Gasteiger partial charge on any atom is -0.463 e. The second kappa shape index (κ2) is 4.89. The molecule has 6 heteroatoms. The van der Waals surface area contributed by atoms with Crippen molar-refractivity contribution in [1.82, 2.24) is 9.97 Å². The Bertz CT molecular complexity index is 360. The number of esters is 1. The Morgan fingerprint density at radius 3 is 2.56 bits per heavy atom. The van der Waals surface area contributed by atoms with Gasteiger partial charge < -0.3 is 14.4 Å². The van der Waals surface area contributed by atoms with Crippen molar-refractivity contribution in [2.75, 3.05) is 38.3 Å². The number of aromatic nitrogens is 2. The molecule has 2 rings (SSSR count). The summed E-state index contributed by atoms with van der Waals surface area (Å²) in [5, 5.41) is 0. The van der Waals surface area contributed by atoms with Crippen LogP contribution in [0.3, 0.4) is 0 Å². The van der Waals surface area contributed by atoms with E-state index in [-0.39, 0.29) is 5.82 Å². The number of nitrogens with zero attached hydrogens (tertiary/aromatic N) is 3. The molecule has 0 bridgehead atoms. The highest BCUT2D eigenvalue weighted by Gasteiger charge is 2.13. The third-order valence-corrected chi connectivity index (χ3v) is 2.38. The van der Waals surface area contributed by atoms with Crippen LogP contribution in [0, 0.1) is 0 Å². The summed E-state index contributed by atoms with van der Waals surface area (Å²) in [6, 6.07) is 0. The fourth-order valence-electron chi connectivity index (χ4n) is 1.50. The molecule has 0 unspecified atom stereocenters. The number of ether oxygens (including phenoxy) is 2. The van der Waals surface area contributed by atoms with Crippen molar-refractivity contribution in [3.63, 3.8) is 0 Å². The molecule has 1 aliphatic rings. The van der Waals surface area contributed by atoms with Crippen LogP contribution in [-0.4, -0.2) is 49.4 Å². The number of anilines is 1. The lowest BCUT2D eigenvalue weighted by molar-refractivity contribution is 0.0586. The first kappa shape index (κ1) is 10.8. The van der Waals surface area contributed by atoms with Crippen LogP contribution in [0.2, 0.25) is 0 Å². The highest BCUT2D eigenvalue weighted by molar-refractivity contribution is 5.85. The number of hydrogen-bond acceptors (Lipinski definition) is 6. The number of hydrogen-bond donors (Lipinski definition) is 0. The third-order valence-electron chi connectivity index (χ3n) is 2.38.